The topological polar surface area (TPSA) is 0 Å². The Labute approximate surface area is 61.9 Å². The summed E-state index contributed by atoms with van der Waals surface area (Å²) in [6.07, 6.45) is 2.08. The Kier molecular flexibility index (Phi) is 9.46. The number of rotatable bonds is 0. The Bertz CT molecular complexity index is 41.9. The van der Waals surface area contributed by atoms with Crippen LogP contribution in [0.15, 0.2) is 11.6 Å². The van der Waals surface area contributed by atoms with E-state index in [4.69, 9.17) is 0 Å². The van der Waals surface area contributed by atoms with Crippen molar-refractivity contribution in [2.24, 2.45) is 0 Å². The van der Waals surface area contributed by atoms with Crippen molar-refractivity contribution in [3.05, 3.63) is 11.6 Å². The SMILES string of the molecule is CC=C(C)C.[Na]. The summed E-state index contributed by atoms with van der Waals surface area (Å²) in [5, 5.41) is 0. The molecule has 0 fully saturated rings. The van der Waals surface area contributed by atoms with Gasteiger partial charge in [0, 0.05) is 29.6 Å². The van der Waals surface area contributed by atoms with Gasteiger partial charge in [-0.2, -0.15) is 0 Å². The number of allylic oxidation sites excluding steroid dienone is 2. The van der Waals surface area contributed by atoms with E-state index >= 15 is 0 Å². The zero-order valence-corrected chi connectivity index (χ0v) is 7.08. The molecule has 0 saturated heterocycles. The summed E-state index contributed by atoms with van der Waals surface area (Å²) in [4.78, 5) is 0. The second kappa shape index (κ2) is 5.74. The Morgan fingerprint density at radius 2 is 1.50 bits per heavy atom. The van der Waals surface area contributed by atoms with Crippen molar-refractivity contribution in [2.75, 3.05) is 0 Å². The zero-order valence-electron chi connectivity index (χ0n) is 5.08. The summed E-state index contributed by atoms with van der Waals surface area (Å²) < 4.78 is 0. The van der Waals surface area contributed by atoms with Gasteiger partial charge in [-0.05, 0) is 20.8 Å². The van der Waals surface area contributed by atoms with Gasteiger partial charge in [-0.3, -0.25) is 0 Å². The quantitative estimate of drug-likeness (QED) is 0.315. The molecule has 0 spiro atoms. The Balaban J connectivity index is 0. The van der Waals surface area contributed by atoms with E-state index < -0.39 is 0 Å². The molecule has 1 heteroatoms. The number of hydrogen-bond donors (Lipinski definition) is 0. The van der Waals surface area contributed by atoms with Gasteiger partial charge in [0.05, 0.1) is 0 Å². The molecule has 0 rings (SSSR count). The summed E-state index contributed by atoms with van der Waals surface area (Å²) in [6, 6.07) is 0. The van der Waals surface area contributed by atoms with Crippen LogP contribution in [0.1, 0.15) is 20.8 Å². The Morgan fingerprint density at radius 1 is 1.33 bits per heavy atom. The summed E-state index contributed by atoms with van der Waals surface area (Å²) in [5.41, 5.74) is 1.38. The van der Waals surface area contributed by atoms with E-state index in [0.717, 1.165) is 0 Å². The fourth-order valence-electron chi connectivity index (χ4n) is 0. The summed E-state index contributed by atoms with van der Waals surface area (Å²) >= 11 is 0. The molecule has 0 saturated carbocycles. The minimum Gasteiger partial charge on any atom is -0.0890 e. The molecule has 0 unspecified atom stereocenters. The van der Waals surface area contributed by atoms with Gasteiger partial charge >= 0.3 is 0 Å². The maximum atomic E-state index is 2.08. The molecule has 0 aromatic carbocycles. The standard InChI is InChI=1S/C5H10.Na/c1-4-5(2)3;/h4H,1-3H3;. The molecular weight excluding hydrogens is 83.0 g/mol. The van der Waals surface area contributed by atoms with Gasteiger partial charge in [0.2, 0.25) is 0 Å². The smallest absolute Gasteiger partial charge is 0 e. The first kappa shape index (κ1) is 9.88. The van der Waals surface area contributed by atoms with Gasteiger partial charge in [0.15, 0.2) is 0 Å². The fraction of sp³-hybridized carbons (Fsp3) is 0.600. The minimum absolute atomic E-state index is 0. The van der Waals surface area contributed by atoms with Crippen LogP contribution in [-0.2, 0) is 0 Å². The molecule has 6 heavy (non-hydrogen) atoms. The summed E-state index contributed by atoms with van der Waals surface area (Å²) in [6.45, 7) is 6.20. The molecule has 0 aromatic rings. The number of hydrogen-bond acceptors (Lipinski definition) is 0. The Hall–Kier alpha value is 0.740. The van der Waals surface area contributed by atoms with Gasteiger partial charge in [0.25, 0.3) is 0 Å². The second-order valence-corrected chi connectivity index (χ2v) is 1.37. The van der Waals surface area contributed by atoms with Gasteiger partial charge in [-0.25, -0.2) is 0 Å². The van der Waals surface area contributed by atoms with Crippen LogP contribution in [0.2, 0.25) is 0 Å². The van der Waals surface area contributed by atoms with Gasteiger partial charge in [-0.1, -0.05) is 11.6 Å². The maximum absolute atomic E-state index is 2.08. The first-order valence-corrected chi connectivity index (χ1v) is 1.87. The largest absolute Gasteiger partial charge is 0.0890 e. The predicted octanol–water partition coefficient (Wildman–Crippen LogP) is 1.59. The minimum atomic E-state index is 0. The molecule has 0 amide bonds. The predicted molar refractivity (Wildman–Crippen MR) is 30.9 cm³/mol. The van der Waals surface area contributed by atoms with Crippen LogP contribution in [0.25, 0.3) is 0 Å². The van der Waals surface area contributed by atoms with Crippen molar-refractivity contribution < 1.29 is 0 Å². The zero-order chi connectivity index (χ0) is 4.28. The molecule has 0 aliphatic carbocycles. The average molecular weight is 93.1 g/mol. The van der Waals surface area contributed by atoms with Crippen molar-refractivity contribution in [1.82, 2.24) is 0 Å². The summed E-state index contributed by atoms with van der Waals surface area (Å²) in [7, 11) is 0. The second-order valence-electron chi connectivity index (χ2n) is 1.37. The molecule has 0 aliphatic heterocycles. The molecule has 0 nitrogen and oxygen atoms in total. The molecule has 0 aromatic heterocycles. The van der Waals surface area contributed by atoms with Crippen LogP contribution in [0.3, 0.4) is 0 Å². The third kappa shape index (κ3) is 8.83. The molecule has 0 N–H and O–H groups in total. The van der Waals surface area contributed by atoms with Crippen LogP contribution in [0.5, 0.6) is 0 Å². The van der Waals surface area contributed by atoms with Crippen LogP contribution in [-0.4, -0.2) is 29.6 Å². The van der Waals surface area contributed by atoms with E-state index in [9.17, 15) is 0 Å². The molecule has 0 bridgehead atoms. The van der Waals surface area contributed by atoms with E-state index in [0.29, 0.717) is 0 Å². The molecule has 1 radical (unpaired) electrons. The van der Waals surface area contributed by atoms with E-state index in [1.807, 2.05) is 6.92 Å². The third-order valence-corrected chi connectivity index (χ3v) is 0.577. The van der Waals surface area contributed by atoms with Gasteiger partial charge < -0.3 is 0 Å². The van der Waals surface area contributed by atoms with E-state index in [2.05, 4.69) is 19.9 Å². The van der Waals surface area contributed by atoms with Crippen molar-refractivity contribution in [3.63, 3.8) is 0 Å². The van der Waals surface area contributed by atoms with Gasteiger partial charge in [-0.15, -0.1) is 0 Å². The normalized spacial score (nSPS) is 5.83. The van der Waals surface area contributed by atoms with Crippen LogP contribution < -0.4 is 0 Å². The molecule has 0 heterocycles. The van der Waals surface area contributed by atoms with Crippen molar-refractivity contribution >= 4 is 29.6 Å². The summed E-state index contributed by atoms with van der Waals surface area (Å²) in [5.74, 6) is 0. The molecule has 31 valence electrons. The monoisotopic (exact) mass is 93.1 g/mol. The molecule has 0 atom stereocenters. The van der Waals surface area contributed by atoms with E-state index in [1.54, 1.807) is 0 Å². The first-order valence-electron chi connectivity index (χ1n) is 1.87. The van der Waals surface area contributed by atoms with Crippen molar-refractivity contribution in [2.45, 2.75) is 20.8 Å². The first-order chi connectivity index (χ1) is 2.27. The van der Waals surface area contributed by atoms with Crippen LogP contribution in [0.4, 0.5) is 0 Å². The maximum Gasteiger partial charge on any atom is 0 e. The average Bonchev–Trinajstić information content (AvgIpc) is 1.38. The van der Waals surface area contributed by atoms with Crippen LogP contribution in [0, 0.1) is 0 Å². The van der Waals surface area contributed by atoms with Crippen molar-refractivity contribution in [1.29, 1.82) is 0 Å². The van der Waals surface area contributed by atoms with Gasteiger partial charge in [0.1, 0.15) is 0 Å². The van der Waals surface area contributed by atoms with Crippen molar-refractivity contribution in [3.8, 4) is 0 Å². The molecular formula is C5H10Na. The van der Waals surface area contributed by atoms with E-state index in [-0.39, 0.29) is 29.6 Å². The Morgan fingerprint density at radius 3 is 1.50 bits per heavy atom. The third-order valence-electron chi connectivity index (χ3n) is 0.577. The molecule has 0 aliphatic rings. The fourth-order valence-corrected chi connectivity index (χ4v) is 0. The van der Waals surface area contributed by atoms with Crippen LogP contribution >= 0.6 is 0 Å². The van der Waals surface area contributed by atoms with E-state index in [1.165, 1.54) is 5.57 Å².